The maximum Gasteiger partial charge on any atom is 0.323 e. The van der Waals surface area contributed by atoms with E-state index >= 15 is 0 Å². The number of amides is 1. The number of nitrogens with one attached hydrogen (secondary N) is 3. The summed E-state index contributed by atoms with van der Waals surface area (Å²) in [6.45, 7) is 1.63. The summed E-state index contributed by atoms with van der Waals surface area (Å²) in [6, 6.07) is 14.9. The number of imidazole rings is 1. The fraction of sp³-hybridized carbons (Fsp3) is 0.300. The number of hydrogen-bond acceptors (Lipinski definition) is 3. The Balaban J connectivity index is 1.65. The Bertz CT molecular complexity index is 955. The normalized spacial score (nSPS) is 15.8. The number of carbonyl (C=O) groups excluding carboxylic acids is 1. The third kappa shape index (κ3) is 3.35. The molecule has 0 spiro atoms. The highest BCUT2D eigenvalue weighted by molar-refractivity contribution is 5.87. The zero-order chi connectivity index (χ0) is 17.9. The molecule has 1 atom stereocenters. The summed E-state index contributed by atoms with van der Waals surface area (Å²) in [5.74, 6) is 0.0959. The quantitative estimate of drug-likeness (QED) is 0.676. The van der Waals surface area contributed by atoms with Gasteiger partial charge in [-0.05, 0) is 43.0 Å². The Morgan fingerprint density at radius 2 is 1.69 bits per heavy atom. The summed E-state index contributed by atoms with van der Waals surface area (Å²) < 4.78 is 0. The molecule has 1 saturated heterocycles. The van der Waals surface area contributed by atoms with Gasteiger partial charge in [0.15, 0.2) is 0 Å². The van der Waals surface area contributed by atoms with Crippen molar-refractivity contribution < 1.29 is 4.79 Å². The average Bonchev–Trinajstić information content (AvgIpc) is 3.06. The van der Waals surface area contributed by atoms with Crippen molar-refractivity contribution >= 4 is 22.6 Å². The van der Waals surface area contributed by atoms with Crippen LogP contribution in [-0.4, -0.2) is 33.9 Å². The first-order valence-corrected chi connectivity index (χ1v) is 9.03. The third-order valence-corrected chi connectivity index (χ3v) is 4.87. The number of benzene rings is 2. The van der Waals surface area contributed by atoms with E-state index in [1.165, 1.54) is 6.42 Å². The second-order valence-corrected chi connectivity index (χ2v) is 6.71. The molecule has 1 unspecified atom stereocenters. The number of aromatic amines is 2. The van der Waals surface area contributed by atoms with E-state index in [9.17, 15) is 9.59 Å². The van der Waals surface area contributed by atoms with Crippen molar-refractivity contribution in [1.29, 1.82) is 0 Å². The molecule has 4 rings (SSSR count). The second kappa shape index (κ2) is 7.07. The third-order valence-electron chi connectivity index (χ3n) is 4.87. The predicted molar refractivity (Wildman–Crippen MR) is 102 cm³/mol. The lowest BCUT2D eigenvalue weighted by Gasteiger charge is -2.31. The van der Waals surface area contributed by atoms with E-state index in [0.717, 1.165) is 48.2 Å². The lowest BCUT2D eigenvalue weighted by Crippen LogP contribution is -2.41. The molecular formula is C20H22N4O2. The van der Waals surface area contributed by atoms with Gasteiger partial charge in [0, 0.05) is 18.8 Å². The van der Waals surface area contributed by atoms with Gasteiger partial charge in [-0.1, -0.05) is 30.3 Å². The van der Waals surface area contributed by atoms with E-state index < -0.39 is 6.04 Å². The molecule has 6 nitrogen and oxygen atoms in total. The van der Waals surface area contributed by atoms with Crippen LogP contribution < -0.4 is 11.0 Å². The molecule has 26 heavy (non-hydrogen) atoms. The largest absolute Gasteiger partial charge is 0.370 e. The van der Waals surface area contributed by atoms with Crippen molar-refractivity contribution in [2.45, 2.75) is 25.3 Å². The Kier molecular flexibility index (Phi) is 4.48. The summed E-state index contributed by atoms with van der Waals surface area (Å²) in [7, 11) is 0. The average molecular weight is 350 g/mol. The molecule has 3 N–H and O–H groups in total. The van der Waals surface area contributed by atoms with Gasteiger partial charge in [0.05, 0.1) is 11.0 Å². The first-order valence-electron chi connectivity index (χ1n) is 9.03. The molecule has 6 heteroatoms. The van der Waals surface area contributed by atoms with Crippen molar-refractivity contribution in [2.75, 3.05) is 18.4 Å². The first-order chi connectivity index (χ1) is 12.7. The van der Waals surface area contributed by atoms with Gasteiger partial charge in [-0.15, -0.1) is 0 Å². The molecule has 134 valence electrons. The first kappa shape index (κ1) is 16.4. The zero-order valence-electron chi connectivity index (χ0n) is 14.5. The molecule has 1 aliphatic rings. The van der Waals surface area contributed by atoms with Crippen LogP contribution in [0.15, 0.2) is 53.3 Å². The number of rotatable bonds is 4. The molecule has 1 aliphatic heterocycles. The Hall–Kier alpha value is -3.02. The Morgan fingerprint density at radius 3 is 2.46 bits per heavy atom. The van der Waals surface area contributed by atoms with E-state index in [-0.39, 0.29) is 11.6 Å². The van der Waals surface area contributed by atoms with Gasteiger partial charge in [0.2, 0.25) is 5.91 Å². The predicted octanol–water partition coefficient (Wildman–Crippen LogP) is 3.02. The minimum atomic E-state index is -0.447. The second-order valence-electron chi connectivity index (χ2n) is 6.71. The molecule has 0 saturated carbocycles. The molecule has 2 heterocycles. The smallest absolute Gasteiger partial charge is 0.323 e. The monoisotopic (exact) mass is 350 g/mol. The summed E-state index contributed by atoms with van der Waals surface area (Å²) in [6.07, 6.45) is 3.30. The summed E-state index contributed by atoms with van der Waals surface area (Å²) >= 11 is 0. The van der Waals surface area contributed by atoms with Gasteiger partial charge >= 0.3 is 5.69 Å². The van der Waals surface area contributed by atoms with Crippen molar-refractivity contribution in [2.24, 2.45) is 0 Å². The Morgan fingerprint density at radius 1 is 0.962 bits per heavy atom. The fourth-order valence-electron chi connectivity index (χ4n) is 3.52. The van der Waals surface area contributed by atoms with E-state index in [2.05, 4.69) is 15.3 Å². The number of aromatic nitrogens is 2. The molecule has 2 aromatic carbocycles. The molecular weight excluding hydrogens is 328 g/mol. The van der Waals surface area contributed by atoms with Crippen LogP contribution in [0.2, 0.25) is 0 Å². The lowest BCUT2D eigenvalue weighted by atomic mass is 10.0. The van der Waals surface area contributed by atoms with Crippen LogP contribution in [0.25, 0.3) is 11.0 Å². The molecule has 0 aliphatic carbocycles. The minimum absolute atomic E-state index is 0.0959. The van der Waals surface area contributed by atoms with Crippen molar-refractivity contribution in [3.05, 3.63) is 64.6 Å². The number of piperidine rings is 1. The summed E-state index contributed by atoms with van der Waals surface area (Å²) in [5, 5.41) is 3.37. The molecule has 0 bridgehead atoms. The van der Waals surface area contributed by atoms with Gasteiger partial charge in [-0.25, -0.2) is 4.79 Å². The minimum Gasteiger partial charge on any atom is -0.370 e. The zero-order valence-corrected chi connectivity index (χ0v) is 14.5. The van der Waals surface area contributed by atoms with Crippen LogP contribution in [-0.2, 0) is 4.79 Å². The summed E-state index contributed by atoms with van der Waals surface area (Å²) in [5.41, 5.74) is 2.97. The number of H-pyrrole nitrogens is 2. The topological polar surface area (TPSA) is 81.0 Å². The fourth-order valence-corrected chi connectivity index (χ4v) is 3.52. The van der Waals surface area contributed by atoms with Gasteiger partial charge < -0.3 is 20.2 Å². The Labute approximate surface area is 151 Å². The van der Waals surface area contributed by atoms with Crippen LogP contribution in [0.3, 0.4) is 0 Å². The van der Waals surface area contributed by atoms with E-state index in [4.69, 9.17) is 0 Å². The van der Waals surface area contributed by atoms with Crippen LogP contribution in [0, 0.1) is 0 Å². The van der Waals surface area contributed by atoms with Crippen molar-refractivity contribution in [1.82, 2.24) is 14.9 Å². The number of nitrogens with zero attached hydrogens (tertiary/aromatic N) is 1. The summed E-state index contributed by atoms with van der Waals surface area (Å²) in [4.78, 5) is 32.1. The van der Waals surface area contributed by atoms with Crippen molar-refractivity contribution in [3.8, 4) is 0 Å². The van der Waals surface area contributed by atoms with Gasteiger partial charge in [0.1, 0.15) is 6.04 Å². The molecule has 1 fully saturated rings. The van der Waals surface area contributed by atoms with Gasteiger partial charge in [-0.2, -0.15) is 0 Å². The number of carbonyl (C=O) groups is 1. The SMILES string of the molecule is O=C(C(Nc1ccc2[nH]c(=O)[nH]c2c1)c1ccccc1)N1CCCCC1. The molecule has 1 aromatic heterocycles. The molecule has 1 amide bonds. The number of anilines is 1. The van der Waals surface area contributed by atoms with Crippen LogP contribution in [0.1, 0.15) is 30.9 Å². The lowest BCUT2D eigenvalue weighted by molar-refractivity contribution is -0.133. The van der Waals surface area contributed by atoms with Crippen LogP contribution in [0.5, 0.6) is 0 Å². The van der Waals surface area contributed by atoms with Gasteiger partial charge in [0.25, 0.3) is 0 Å². The number of likely N-dealkylation sites (tertiary alicyclic amines) is 1. The van der Waals surface area contributed by atoms with Crippen LogP contribution >= 0.6 is 0 Å². The maximum absolute atomic E-state index is 13.2. The van der Waals surface area contributed by atoms with Gasteiger partial charge in [-0.3, -0.25) is 4.79 Å². The number of hydrogen-bond donors (Lipinski definition) is 3. The highest BCUT2D eigenvalue weighted by Crippen LogP contribution is 2.25. The van der Waals surface area contributed by atoms with Crippen LogP contribution in [0.4, 0.5) is 5.69 Å². The maximum atomic E-state index is 13.2. The highest BCUT2D eigenvalue weighted by atomic mass is 16.2. The van der Waals surface area contributed by atoms with E-state index in [1.807, 2.05) is 53.4 Å². The van der Waals surface area contributed by atoms with E-state index in [0.29, 0.717) is 0 Å². The molecule has 3 aromatic rings. The number of fused-ring (bicyclic) bond motifs is 1. The van der Waals surface area contributed by atoms with E-state index in [1.54, 1.807) is 0 Å². The van der Waals surface area contributed by atoms with Crippen molar-refractivity contribution in [3.63, 3.8) is 0 Å². The standard InChI is InChI=1S/C20H22N4O2/c25-19(24-11-5-2-6-12-24)18(14-7-3-1-4-8-14)21-15-9-10-16-17(13-15)23-20(26)22-16/h1,3-4,7-10,13,18,21H,2,5-6,11-12H2,(H2,22,23,26). The highest BCUT2D eigenvalue weighted by Gasteiger charge is 2.27. The molecule has 0 radical (unpaired) electrons.